The zero-order valence-electron chi connectivity index (χ0n) is 10.7. The van der Waals surface area contributed by atoms with E-state index in [0.717, 1.165) is 25.7 Å². The molecular weight excluding hydrogens is 254 g/mol. The van der Waals surface area contributed by atoms with Crippen LogP contribution in [0.15, 0.2) is 0 Å². The van der Waals surface area contributed by atoms with Crippen molar-refractivity contribution in [3.05, 3.63) is 0 Å². The van der Waals surface area contributed by atoms with Crippen LogP contribution in [0.4, 0.5) is 0 Å². The van der Waals surface area contributed by atoms with Crippen LogP contribution in [-0.4, -0.2) is 44.6 Å². The Balaban J connectivity index is 1.79. The lowest BCUT2D eigenvalue weighted by Crippen LogP contribution is -2.44. The average Bonchev–Trinajstić information content (AvgIpc) is 2.76. The fourth-order valence-electron chi connectivity index (χ4n) is 2.70. The highest BCUT2D eigenvalue weighted by atomic mass is 32.2. The van der Waals surface area contributed by atoms with Crippen molar-refractivity contribution in [3.63, 3.8) is 0 Å². The summed E-state index contributed by atoms with van der Waals surface area (Å²) in [5, 5.41) is 10.0. The van der Waals surface area contributed by atoms with Crippen LogP contribution in [0.1, 0.15) is 38.5 Å². The van der Waals surface area contributed by atoms with Crippen LogP contribution in [0.25, 0.3) is 0 Å². The summed E-state index contributed by atoms with van der Waals surface area (Å²) >= 11 is 0. The minimum absolute atomic E-state index is 0.0715. The van der Waals surface area contributed by atoms with Gasteiger partial charge < -0.3 is 9.84 Å². The Bertz CT molecular complexity index is 356. The number of sulfonamides is 1. The molecule has 2 aliphatic rings. The molecule has 1 saturated carbocycles. The molecule has 0 aromatic heterocycles. The summed E-state index contributed by atoms with van der Waals surface area (Å²) in [5.74, 6) is 0.481. The van der Waals surface area contributed by atoms with Gasteiger partial charge in [-0.15, -0.1) is 0 Å². The number of nitrogens with one attached hydrogen (secondary N) is 1. The molecule has 0 aromatic carbocycles. The fourth-order valence-corrected chi connectivity index (χ4v) is 4.26. The third kappa shape index (κ3) is 4.19. The number of hydrogen-bond donors (Lipinski definition) is 2. The summed E-state index contributed by atoms with van der Waals surface area (Å²) in [7, 11) is -3.27. The number of aliphatic hydroxyl groups is 1. The van der Waals surface area contributed by atoms with E-state index >= 15 is 0 Å². The maximum atomic E-state index is 11.9. The van der Waals surface area contributed by atoms with Gasteiger partial charge in [-0.2, -0.15) is 0 Å². The van der Waals surface area contributed by atoms with Crippen molar-refractivity contribution < 1.29 is 18.3 Å². The first-order chi connectivity index (χ1) is 8.49. The Morgan fingerprint density at radius 3 is 2.61 bits per heavy atom. The highest BCUT2D eigenvalue weighted by molar-refractivity contribution is 7.89. The van der Waals surface area contributed by atoms with Gasteiger partial charge in [0.2, 0.25) is 10.0 Å². The Hall–Kier alpha value is -0.170. The van der Waals surface area contributed by atoms with Gasteiger partial charge in [-0.25, -0.2) is 13.1 Å². The zero-order valence-corrected chi connectivity index (χ0v) is 11.5. The standard InChI is InChI=1S/C12H23NO4S/c14-12(6-7-17-10-12)9-13-18(15,16)8-11-4-2-1-3-5-11/h11,13-14H,1-10H2. The molecule has 0 spiro atoms. The molecule has 106 valence electrons. The molecule has 1 saturated heterocycles. The van der Waals surface area contributed by atoms with Gasteiger partial charge in [-0.05, 0) is 18.8 Å². The van der Waals surface area contributed by atoms with Crippen molar-refractivity contribution in [2.45, 2.75) is 44.1 Å². The Labute approximate surface area is 109 Å². The lowest BCUT2D eigenvalue weighted by molar-refractivity contribution is 0.0314. The van der Waals surface area contributed by atoms with Crippen molar-refractivity contribution in [1.29, 1.82) is 0 Å². The van der Waals surface area contributed by atoms with E-state index in [0.29, 0.717) is 13.0 Å². The minimum atomic E-state index is -3.27. The monoisotopic (exact) mass is 277 g/mol. The Morgan fingerprint density at radius 1 is 1.28 bits per heavy atom. The quantitative estimate of drug-likeness (QED) is 0.773. The predicted octanol–water partition coefficient (Wildman–Crippen LogP) is 0.638. The topological polar surface area (TPSA) is 75.6 Å². The van der Waals surface area contributed by atoms with Gasteiger partial charge in [0, 0.05) is 19.6 Å². The molecule has 1 atom stereocenters. The van der Waals surface area contributed by atoms with Crippen LogP contribution in [0.5, 0.6) is 0 Å². The van der Waals surface area contributed by atoms with Crippen LogP contribution < -0.4 is 4.72 Å². The largest absolute Gasteiger partial charge is 0.386 e. The summed E-state index contributed by atoms with van der Waals surface area (Å²) in [6.07, 6.45) is 6.01. The molecular formula is C12H23NO4S. The maximum absolute atomic E-state index is 11.9. The third-order valence-electron chi connectivity index (χ3n) is 3.88. The van der Waals surface area contributed by atoms with E-state index in [9.17, 15) is 13.5 Å². The average molecular weight is 277 g/mol. The van der Waals surface area contributed by atoms with Crippen molar-refractivity contribution in [1.82, 2.24) is 4.72 Å². The van der Waals surface area contributed by atoms with E-state index in [1.54, 1.807) is 0 Å². The molecule has 0 radical (unpaired) electrons. The van der Waals surface area contributed by atoms with Gasteiger partial charge in [-0.1, -0.05) is 19.3 Å². The number of hydrogen-bond acceptors (Lipinski definition) is 4. The van der Waals surface area contributed by atoms with E-state index in [2.05, 4.69) is 4.72 Å². The van der Waals surface area contributed by atoms with E-state index in [1.165, 1.54) is 6.42 Å². The van der Waals surface area contributed by atoms with Gasteiger partial charge in [0.15, 0.2) is 0 Å². The van der Waals surface area contributed by atoms with E-state index in [1.807, 2.05) is 0 Å². The predicted molar refractivity (Wildman–Crippen MR) is 68.8 cm³/mol. The molecule has 0 amide bonds. The minimum Gasteiger partial charge on any atom is -0.386 e. The summed E-state index contributed by atoms with van der Waals surface area (Å²) in [5.41, 5.74) is -1.01. The molecule has 5 nitrogen and oxygen atoms in total. The Morgan fingerprint density at radius 2 is 2.00 bits per heavy atom. The molecule has 1 aliphatic carbocycles. The first kappa shape index (κ1) is 14.2. The van der Waals surface area contributed by atoms with Gasteiger partial charge >= 0.3 is 0 Å². The second-order valence-electron chi connectivity index (χ2n) is 5.63. The first-order valence-electron chi connectivity index (χ1n) is 6.77. The fraction of sp³-hybridized carbons (Fsp3) is 1.00. The maximum Gasteiger partial charge on any atom is 0.211 e. The van der Waals surface area contributed by atoms with Crippen LogP contribution in [0.3, 0.4) is 0 Å². The van der Waals surface area contributed by atoms with Crippen molar-refractivity contribution >= 4 is 10.0 Å². The van der Waals surface area contributed by atoms with E-state index in [4.69, 9.17) is 4.74 Å². The molecule has 0 bridgehead atoms. The normalized spacial score (nSPS) is 30.7. The van der Waals surface area contributed by atoms with Crippen LogP contribution in [-0.2, 0) is 14.8 Å². The smallest absolute Gasteiger partial charge is 0.211 e. The summed E-state index contributed by atoms with van der Waals surface area (Å²) in [6, 6.07) is 0. The third-order valence-corrected chi connectivity index (χ3v) is 5.38. The highest BCUT2D eigenvalue weighted by Gasteiger charge is 2.33. The molecule has 6 heteroatoms. The molecule has 1 heterocycles. The molecule has 18 heavy (non-hydrogen) atoms. The second-order valence-corrected chi connectivity index (χ2v) is 7.48. The highest BCUT2D eigenvalue weighted by Crippen LogP contribution is 2.25. The lowest BCUT2D eigenvalue weighted by Gasteiger charge is -2.24. The molecule has 1 aliphatic heterocycles. The molecule has 2 rings (SSSR count). The first-order valence-corrected chi connectivity index (χ1v) is 8.42. The van der Waals surface area contributed by atoms with Crippen LogP contribution >= 0.6 is 0 Å². The van der Waals surface area contributed by atoms with Gasteiger partial charge in [0.05, 0.1) is 12.4 Å². The van der Waals surface area contributed by atoms with Crippen molar-refractivity contribution in [3.8, 4) is 0 Å². The Kier molecular flexibility index (Phi) is 4.64. The molecule has 1 unspecified atom stereocenters. The van der Waals surface area contributed by atoms with Crippen molar-refractivity contribution in [2.24, 2.45) is 5.92 Å². The van der Waals surface area contributed by atoms with E-state index < -0.39 is 15.6 Å². The summed E-state index contributed by atoms with van der Waals surface area (Å²) in [6.45, 7) is 0.794. The molecule has 2 fully saturated rings. The number of ether oxygens (including phenoxy) is 1. The number of rotatable bonds is 5. The molecule has 2 N–H and O–H groups in total. The SMILES string of the molecule is O=S(=O)(CC1CCCCC1)NCC1(O)CCOC1. The second kappa shape index (κ2) is 5.86. The van der Waals surface area contributed by atoms with Crippen molar-refractivity contribution in [2.75, 3.05) is 25.5 Å². The zero-order chi connectivity index (χ0) is 13.1. The summed E-state index contributed by atoms with van der Waals surface area (Å²) in [4.78, 5) is 0. The molecule has 0 aromatic rings. The summed E-state index contributed by atoms with van der Waals surface area (Å²) < 4.78 is 31.5. The van der Waals surface area contributed by atoms with Gasteiger partial charge in [0.25, 0.3) is 0 Å². The lowest BCUT2D eigenvalue weighted by atomic mass is 9.91. The van der Waals surface area contributed by atoms with Crippen LogP contribution in [0, 0.1) is 5.92 Å². The van der Waals surface area contributed by atoms with Gasteiger partial charge in [0.1, 0.15) is 5.60 Å². The van der Waals surface area contributed by atoms with E-state index in [-0.39, 0.29) is 24.8 Å². The van der Waals surface area contributed by atoms with Gasteiger partial charge in [-0.3, -0.25) is 0 Å². The van der Waals surface area contributed by atoms with Crippen LogP contribution in [0.2, 0.25) is 0 Å².